The zero-order valence-electron chi connectivity index (χ0n) is 11.2. The summed E-state index contributed by atoms with van der Waals surface area (Å²) in [5.41, 5.74) is 1.52. The second-order valence-corrected chi connectivity index (χ2v) is 6.48. The number of phenols is 1. The van der Waals surface area contributed by atoms with Crippen molar-refractivity contribution in [2.75, 3.05) is 6.54 Å². The summed E-state index contributed by atoms with van der Waals surface area (Å²) in [5.74, 6) is 0.401. The molecule has 2 bridgehead atoms. The van der Waals surface area contributed by atoms with Crippen LogP contribution in [0.2, 0.25) is 0 Å². The molecule has 0 radical (unpaired) electrons. The van der Waals surface area contributed by atoms with Gasteiger partial charge in [0.05, 0.1) is 5.60 Å². The Morgan fingerprint density at radius 2 is 2.00 bits per heavy atom. The molecule has 0 spiro atoms. The lowest BCUT2D eigenvalue weighted by molar-refractivity contribution is -0.124. The molecule has 19 heavy (non-hydrogen) atoms. The highest BCUT2D eigenvalue weighted by Crippen LogP contribution is 2.57. The lowest BCUT2D eigenvalue weighted by Crippen LogP contribution is -2.71. The molecule has 102 valence electrons. The van der Waals surface area contributed by atoms with Crippen molar-refractivity contribution in [3.05, 3.63) is 29.3 Å². The Morgan fingerprint density at radius 1 is 1.16 bits per heavy atom. The van der Waals surface area contributed by atoms with Crippen LogP contribution in [0.4, 0.5) is 0 Å². The van der Waals surface area contributed by atoms with E-state index in [0.717, 1.165) is 44.2 Å². The Bertz CT molecular complexity index is 525. The monoisotopic (exact) mass is 259 g/mol. The van der Waals surface area contributed by atoms with Gasteiger partial charge in [0.15, 0.2) is 0 Å². The third-order valence-electron chi connectivity index (χ3n) is 5.83. The summed E-state index contributed by atoms with van der Waals surface area (Å²) in [7, 11) is 0. The first-order valence-electron chi connectivity index (χ1n) is 7.44. The van der Waals surface area contributed by atoms with Crippen LogP contribution in [0.15, 0.2) is 18.2 Å². The SMILES string of the molecule is Oc1cccc2c1C[C@H]1NCC[C@@]23CCCC[C@@]13O. The van der Waals surface area contributed by atoms with Crippen molar-refractivity contribution in [3.8, 4) is 5.75 Å². The van der Waals surface area contributed by atoms with Gasteiger partial charge in [-0.1, -0.05) is 25.0 Å². The molecule has 4 rings (SSSR count). The Balaban J connectivity index is 1.98. The van der Waals surface area contributed by atoms with Crippen LogP contribution in [0, 0.1) is 0 Å². The van der Waals surface area contributed by atoms with Crippen molar-refractivity contribution in [1.82, 2.24) is 5.32 Å². The molecule has 3 nitrogen and oxygen atoms in total. The average molecular weight is 259 g/mol. The highest BCUT2D eigenvalue weighted by atomic mass is 16.3. The van der Waals surface area contributed by atoms with Crippen molar-refractivity contribution in [2.24, 2.45) is 0 Å². The van der Waals surface area contributed by atoms with Crippen molar-refractivity contribution in [2.45, 2.75) is 55.6 Å². The van der Waals surface area contributed by atoms with E-state index in [-0.39, 0.29) is 11.5 Å². The molecule has 2 aliphatic carbocycles. The Kier molecular flexibility index (Phi) is 2.31. The Hall–Kier alpha value is -1.06. The zero-order valence-corrected chi connectivity index (χ0v) is 11.2. The smallest absolute Gasteiger partial charge is 0.119 e. The van der Waals surface area contributed by atoms with Crippen molar-refractivity contribution >= 4 is 0 Å². The minimum atomic E-state index is -0.621. The molecule has 1 saturated heterocycles. The number of benzene rings is 1. The summed E-state index contributed by atoms with van der Waals surface area (Å²) in [6.45, 7) is 0.974. The van der Waals surface area contributed by atoms with E-state index in [4.69, 9.17) is 0 Å². The van der Waals surface area contributed by atoms with E-state index in [1.807, 2.05) is 6.07 Å². The Labute approximate surface area is 113 Å². The zero-order chi connectivity index (χ0) is 13.1. The van der Waals surface area contributed by atoms with Crippen LogP contribution < -0.4 is 5.32 Å². The molecule has 3 N–H and O–H groups in total. The lowest BCUT2D eigenvalue weighted by atomic mass is 9.50. The van der Waals surface area contributed by atoms with Crippen LogP contribution in [0.3, 0.4) is 0 Å². The maximum absolute atomic E-state index is 11.4. The molecule has 2 fully saturated rings. The van der Waals surface area contributed by atoms with Gasteiger partial charge in [0, 0.05) is 11.5 Å². The molecule has 3 aliphatic rings. The van der Waals surface area contributed by atoms with Gasteiger partial charge < -0.3 is 15.5 Å². The highest BCUT2D eigenvalue weighted by Gasteiger charge is 2.61. The van der Waals surface area contributed by atoms with Gasteiger partial charge in [-0.25, -0.2) is 0 Å². The maximum Gasteiger partial charge on any atom is 0.119 e. The normalized spacial score (nSPS) is 40.4. The van der Waals surface area contributed by atoms with Crippen molar-refractivity contribution in [3.63, 3.8) is 0 Å². The number of nitrogens with one attached hydrogen (secondary N) is 1. The predicted molar refractivity (Wildman–Crippen MR) is 73.3 cm³/mol. The number of hydrogen-bond donors (Lipinski definition) is 3. The fourth-order valence-electron chi connectivity index (χ4n) is 4.94. The molecular formula is C16H21NO2. The van der Waals surface area contributed by atoms with Gasteiger partial charge in [-0.15, -0.1) is 0 Å². The quantitative estimate of drug-likeness (QED) is 0.666. The van der Waals surface area contributed by atoms with Crippen LogP contribution in [-0.2, 0) is 11.8 Å². The predicted octanol–water partition coefficient (Wildman–Crippen LogP) is 1.85. The number of hydrogen-bond acceptors (Lipinski definition) is 3. The van der Waals surface area contributed by atoms with Gasteiger partial charge >= 0.3 is 0 Å². The topological polar surface area (TPSA) is 52.5 Å². The number of piperidine rings is 1. The van der Waals surface area contributed by atoms with E-state index < -0.39 is 5.60 Å². The summed E-state index contributed by atoms with van der Waals surface area (Å²) in [4.78, 5) is 0. The molecule has 3 atom stereocenters. The molecule has 3 heteroatoms. The molecule has 0 amide bonds. The van der Waals surface area contributed by atoms with Crippen LogP contribution in [-0.4, -0.2) is 28.4 Å². The molecule has 1 aliphatic heterocycles. The summed E-state index contributed by atoms with van der Waals surface area (Å²) >= 11 is 0. The first kappa shape index (κ1) is 11.7. The van der Waals surface area contributed by atoms with Gasteiger partial charge in [-0.2, -0.15) is 0 Å². The number of fused-ring (bicyclic) bond motifs is 1. The molecule has 0 aromatic heterocycles. The molecule has 0 unspecified atom stereocenters. The van der Waals surface area contributed by atoms with Gasteiger partial charge in [-0.3, -0.25) is 0 Å². The standard InChI is InChI=1S/C16H21NO2/c18-13-5-3-4-12-11(13)10-14-16(19)7-2-1-6-15(12,16)8-9-17-14/h3-5,14,17-19H,1-2,6-10H2/t14-,15+,16-/m1/s1. The minimum Gasteiger partial charge on any atom is -0.508 e. The first-order chi connectivity index (χ1) is 9.17. The van der Waals surface area contributed by atoms with E-state index >= 15 is 0 Å². The van der Waals surface area contributed by atoms with Gasteiger partial charge in [0.2, 0.25) is 0 Å². The number of rotatable bonds is 0. The highest BCUT2D eigenvalue weighted by molar-refractivity contribution is 5.50. The molecule has 1 saturated carbocycles. The van der Waals surface area contributed by atoms with Crippen LogP contribution >= 0.6 is 0 Å². The van der Waals surface area contributed by atoms with E-state index in [1.54, 1.807) is 6.07 Å². The number of aliphatic hydroxyl groups is 1. The molecule has 1 heterocycles. The molecule has 1 aromatic rings. The Morgan fingerprint density at radius 3 is 2.89 bits per heavy atom. The van der Waals surface area contributed by atoms with Crippen molar-refractivity contribution in [1.29, 1.82) is 0 Å². The summed E-state index contributed by atoms with van der Waals surface area (Å²) in [6, 6.07) is 5.94. The third-order valence-corrected chi connectivity index (χ3v) is 5.83. The van der Waals surface area contributed by atoms with Crippen molar-refractivity contribution < 1.29 is 10.2 Å². The lowest BCUT2D eigenvalue weighted by Gasteiger charge is -2.61. The van der Waals surface area contributed by atoms with Crippen LogP contribution in [0.25, 0.3) is 0 Å². The molecular weight excluding hydrogens is 238 g/mol. The van der Waals surface area contributed by atoms with Gasteiger partial charge in [-0.05, 0) is 49.4 Å². The summed E-state index contributed by atoms with van der Waals surface area (Å²) < 4.78 is 0. The summed E-state index contributed by atoms with van der Waals surface area (Å²) in [5, 5.41) is 25.0. The van der Waals surface area contributed by atoms with E-state index in [9.17, 15) is 10.2 Å². The van der Waals surface area contributed by atoms with Gasteiger partial charge in [0.1, 0.15) is 5.75 Å². The fourth-order valence-corrected chi connectivity index (χ4v) is 4.94. The number of aromatic hydroxyl groups is 1. The van der Waals surface area contributed by atoms with E-state index in [2.05, 4.69) is 11.4 Å². The maximum atomic E-state index is 11.4. The fraction of sp³-hybridized carbons (Fsp3) is 0.625. The number of phenolic OH excluding ortho intramolecular Hbond substituents is 1. The third kappa shape index (κ3) is 1.30. The van der Waals surface area contributed by atoms with Crippen LogP contribution in [0.1, 0.15) is 43.2 Å². The largest absolute Gasteiger partial charge is 0.508 e. The second-order valence-electron chi connectivity index (χ2n) is 6.48. The summed E-state index contributed by atoms with van der Waals surface area (Å²) in [6.07, 6.45) is 5.98. The van der Waals surface area contributed by atoms with Gasteiger partial charge in [0.25, 0.3) is 0 Å². The average Bonchev–Trinajstić information content (AvgIpc) is 2.39. The molecule has 1 aromatic carbocycles. The first-order valence-corrected chi connectivity index (χ1v) is 7.44. The van der Waals surface area contributed by atoms with E-state index in [0.29, 0.717) is 5.75 Å². The second kappa shape index (κ2) is 3.74. The van der Waals surface area contributed by atoms with Crippen LogP contribution in [0.5, 0.6) is 5.75 Å². The van der Waals surface area contributed by atoms with E-state index in [1.165, 1.54) is 12.0 Å². The minimum absolute atomic E-state index is 0.0994.